The fourth-order valence-electron chi connectivity index (χ4n) is 0.495. The van der Waals surface area contributed by atoms with Gasteiger partial charge in [0.25, 0.3) is 0 Å². The van der Waals surface area contributed by atoms with Crippen LogP contribution in [-0.4, -0.2) is 23.8 Å². The minimum absolute atomic E-state index is 0.0972. The second-order valence-electron chi connectivity index (χ2n) is 2.14. The molecule has 0 fully saturated rings. The Morgan fingerprint density at radius 1 is 1.50 bits per heavy atom. The van der Waals surface area contributed by atoms with Crippen molar-refractivity contribution >= 4 is 11.7 Å². The van der Waals surface area contributed by atoms with Gasteiger partial charge in [0.15, 0.2) is 0 Å². The van der Waals surface area contributed by atoms with Crippen LogP contribution in [0.25, 0.3) is 0 Å². The van der Waals surface area contributed by atoms with Crippen molar-refractivity contribution in [2.45, 2.75) is 13.8 Å². The Balaban J connectivity index is 4.42. The molecule has 56 valence electrons. The van der Waals surface area contributed by atoms with Gasteiger partial charge < -0.3 is 5.11 Å². The lowest BCUT2D eigenvalue weighted by Gasteiger charge is -1.91. The maximum Gasteiger partial charge on any atom is 0.354 e. The zero-order valence-corrected chi connectivity index (χ0v) is 6.38. The molecule has 0 rings (SSSR count). The highest BCUT2D eigenvalue weighted by molar-refractivity contribution is 6.40. The van der Waals surface area contributed by atoms with E-state index in [4.69, 9.17) is 5.11 Å². The summed E-state index contributed by atoms with van der Waals surface area (Å²) in [5, 5.41) is 8.45. The zero-order valence-electron chi connectivity index (χ0n) is 6.38. The van der Waals surface area contributed by atoms with Crippen molar-refractivity contribution in [1.82, 2.24) is 0 Å². The van der Waals surface area contributed by atoms with Gasteiger partial charge in [-0.15, -0.1) is 0 Å². The van der Waals surface area contributed by atoms with Gasteiger partial charge in [0.2, 0.25) is 0 Å². The maximum absolute atomic E-state index is 10.3. The van der Waals surface area contributed by atoms with Crippen molar-refractivity contribution < 1.29 is 9.90 Å². The van der Waals surface area contributed by atoms with E-state index in [-0.39, 0.29) is 5.71 Å². The number of aliphatic carboxylic acids is 1. The topological polar surface area (TPSA) is 49.7 Å². The van der Waals surface area contributed by atoms with Crippen LogP contribution in [0.1, 0.15) is 13.8 Å². The first-order valence-electron chi connectivity index (χ1n) is 2.93. The normalized spacial score (nSPS) is 10.9. The summed E-state index contributed by atoms with van der Waals surface area (Å²) in [6.45, 7) is 3.66. The third kappa shape index (κ3) is 3.02. The highest BCUT2D eigenvalue weighted by Crippen LogP contribution is 1.90. The summed E-state index contributed by atoms with van der Waals surface area (Å²) in [5.74, 6) is -0.983. The zero-order chi connectivity index (χ0) is 8.15. The number of rotatable bonds is 2. The molecule has 3 nitrogen and oxygen atoms in total. The molecule has 0 spiro atoms. The first-order valence-corrected chi connectivity index (χ1v) is 2.93. The van der Waals surface area contributed by atoms with Crippen LogP contribution in [0.3, 0.4) is 0 Å². The quantitative estimate of drug-likeness (QED) is 0.585. The van der Waals surface area contributed by atoms with Gasteiger partial charge >= 0.3 is 5.97 Å². The van der Waals surface area contributed by atoms with Crippen LogP contribution in [0.5, 0.6) is 0 Å². The van der Waals surface area contributed by atoms with E-state index in [9.17, 15) is 4.79 Å². The maximum atomic E-state index is 10.3. The SMILES string of the molecule is CN=C(C=C(C)C)C(=O)O. The summed E-state index contributed by atoms with van der Waals surface area (Å²) in [7, 11) is 1.46. The molecule has 0 aliphatic heterocycles. The average Bonchev–Trinajstić information content (AvgIpc) is 1.81. The van der Waals surface area contributed by atoms with Gasteiger partial charge in [0.05, 0.1) is 0 Å². The van der Waals surface area contributed by atoms with Gasteiger partial charge in [-0.25, -0.2) is 4.79 Å². The van der Waals surface area contributed by atoms with Crippen molar-refractivity contribution in [3.8, 4) is 0 Å². The second-order valence-corrected chi connectivity index (χ2v) is 2.14. The Morgan fingerprint density at radius 3 is 2.10 bits per heavy atom. The van der Waals surface area contributed by atoms with Crippen molar-refractivity contribution in [1.29, 1.82) is 0 Å². The lowest BCUT2D eigenvalue weighted by Crippen LogP contribution is -2.09. The van der Waals surface area contributed by atoms with E-state index in [0.29, 0.717) is 0 Å². The Morgan fingerprint density at radius 2 is 2.00 bits per heavy atom. The highest BCUT2D eigenvalue weighted by atomic mass is 16.4. The molecule has 0 unspecified atom stereocenters. The van der Waals surface area contributed by atoms with Crippen LogP contribution >= 0.6 is 0 Å². The molecular weight excluding hydrogens is 130 g/mol. The molecule has 1 N–H and O–H groups in total. The van der Waals surface area contributed by atoms with Crippen molar-refractivity contribution in [2.75, 3.05) is 7.05 Å². The van der Waals surface area contributed by atoms with Crippen molar-refractivity contribution in [3.05, 3.63) is 11.6 Å². The fraction of sp³-hybridized carbons (Fsp3) is 0.429. The monoisotopic (exact) mass is 141 g/mol. The molecule has 0 aliphatic carbocycles. The molecule has 0 atom stereocenters. The highest BCUT2D eigenvalue weighted by Gasteiger charge is 2.02. The first-order chi connectivity index (χ1) is 4.57. The molecule has 0 saturated carbocycles. The van der Waals surface area contributed by atoms with E-state index in [1.807, 2.05) is 13.8 Å². The minimum atomic E-state index is -0.983. The Bertz CT molecular complexity index is 188. The molecule has 3 heteroatoms. The van der Waals surface area contributed by atoms with Gasteiger partial charge in [-0.3, -0.25) is 4.99 Å². The number of carboxylic acid groups (broad SMARTS) is 1. The van der Waals surface area contributed by atoms with Crippen LogP contribution in [0.4, 0.5) is 0 Å². The molecule has 10 heavy (non-hydrogen) atoms. The summed E-state index contributed by atoms with van der Waals surface area (Å²) in [5.41, 5.74) is 1.03. The van der Waals surface area contributed by atoms with Gasteiger partial charge in [-0.05, 0) is 19.9 Å². The van der Waals surface area contributed by atoms with Crippen LogP contribution in [0.15, 0.2) is 16.6 Å². The van der Waals surface area contributed by atoms with Crippen molar-refractivity contribution in [2.24, 2.45) is 4.99 Å². The lowest BCUT2D eigenvalue weighted by molar-refractivity contribution is -0.129. The summed E-state index contributed by atoms with van der Waals surface area (Å²) in [6.07, 6.45) is 1.53. The van der Waals surface area contributed by atoms with E-state index in [1.165, 1.54) is 13.1 Å². The van der Waals surface area contributed by atoms with Gasteiger partial charge in [0, 0.05) is 7.05 Å². The summed E-state index contributed by atoms with van der Waals surface area (Å²) < 4.78 is 0. The van der Waals surface area contributed by atoms with Crippen LogP contribution in [-0.2, 0) is 4.79 Å². The number of hydrogen-bond donors (Lipinski definition) is 1. The van der Waals surface area contributed by atoms with E-state index < -0.39 is 5.97 Å². The third-order valence-corrected chi connectivity index (χ3v) is 0.885. The fourth-order valence-corrected chi connectivity index (χ4v) is 0.495. The van der Waals surface area contributed by atoms with E-state index in [1.54, 1.807) is 0 Å². The van der Waals surface area contributed by atoms with E-state index in [2.05, 4.69) is 4.99 Å². The summed E-state index contributed by atoms with van der Waals surface area (Å²) >= 11 is 0. The average molecular weight is 141 g/mol. The molecule has 0 aromatic rings. The second kappa shape index (κ2) is 3.82. The van der Waals surface area contributed by atoms with Gasteiger partial charge in [-0.1, -0.05) is 5.57 Å². The van der Waals surface area contributed by atoms with Crippen molar-refractivity contribution in [3.63, 3.8) is 0 Å². The number of hydrogen-bond acceptors (Lipinski definition) is 2. The molecule has 0 amide bonds. The smallest absolute Gasteiger partial charge is 0.354 e. The molecule has 0 aliphatic rings. The predicted molar refractivity (Wildman–Crippen MR) is 40.4 cm³/mol. The van der Waals surface area contributed by atoms with Crippen LogP contribution < -0.4 is 0 Å². The van der Waals surface area contributed by atoms with Gasteiger partial charge in [-0.2, -0.15) is 0 Å². The molecule has 0 radical (unpaired) electrons. The molecule has 0 heterocycles. The Labute approximate surface area is 60.1 Å². The largest absolute Gasteiger partial charge is 0.477 e. The molecule has 0 aromatic heterocycles. The number of aliphatic imine (C=N–C) groups is 1. The van der Waals surface area contributed by atoms with Gasteiger partial charge in [0.1, 0.15) is 5.71 Å². The molecule has 0 aromatic carbocycles. The predicted octanol–water partition coefficient (Wildman–Crippen LogP) is 1.11. The Hall–Kier alpha value is -1.12. The number of carboxylic acids is 1. The standard InChI is InChI=1S/C7H11NO2/c1-5(2)4-6(8-3)7(9)10/h4H,1-3H3,(H,9,10). The van der Waals surface area contributed by atoms with E-state index >= 15 is 0 Å². The summed E-state index contributed by atoms with van der Waals surface area (Å²) in [4.78, 5) is 13.9. The third-order valence-electron chi connectivity index (χ3n) is 0.885. The lowest BCUT2D eigenvalue weighted by atomic mass is 10.2. The molecule has 0 bridgehead atoms. The minimum Gasteiger partial charge on any atom is -0.477 e. The Kier molecular flexibility index (Phi) is 3.39. The molecular formula is C7H11NO2. The molecule has 0 saturated heterocycles. The first kappa shape index (κ1) is 8.88. The summed E-state index contributed by atoms with van der Waals surface area (Å²) in [6, 6.07) is 0. The van der Waals surface area contributed by atoms with Crippen LogP contribution in [0.2, 0.25) is 0 Å². The van der Waals surface area contributed by atoms with Crippen LogP contribution in [0, 0.1) is 0 Å². The van der Waals surface area contributed by atoms with E-state index in [0.717, 1.165) is 5.57 Å². The number of allylic oxidation sites excluding steroid dienone is 1. The number of nitrogens with zero attached hydrogens (tertiary/aromatic N) is 1. The number of carbonyl (C=O) groups is 1.